The number of imidazole rings is 1. The fourth-order valence-electron chi connectivity index (χ4n) is 3.61. The molecule has 23 heavy (non-hydrogen) atoms. The fourth-order valence-corrected chi connectivity index (χ4v) is 3.61. The van der Waals surface area contributed by atoms with Crippen molar-refractivity contribution in [1.82, 2.24) is 14.0 Å². The summed E-state index contributed by atoms with van der Waals surface area (Å²) in [4.78, 5) is 4.92. The molecular weight excluding hydrogens is 284 g/mol. The average Bonchev–Trinajstić information content (AvgIpc) is 3.12. The minimum absolute atomic E-state index is 0.559. The van der Waals surface area contributed by atoms with Gasteiger partial charge in [0.25, 0.3) is 0 Å². The van der Waals surface area contributed by atoms with E-state index in [9.17, 15) is 0 Å². The Morgan fingerprint density at radius 3 is 2.70 bits per heavy atom. The predicted molar refractivity (Wildman–Crippen MR) is 94.8 cm³/mol. The van der Waals surface area contributed by atoms with Crippen LogP contribution in [-0.4, -0.2) is 20.0 Å². The van der Waals surface area contributed by atoms with Crippen LogP contribution in [0.3, 0.4) is 0 Å². The van der Waals surface area contributed by atoms with Gasteiger partial charge in [-0.3, -0.25) is 4.40 Å². The van der Waals surface area contributed by atoms with Crippen LogP contribution in [0.4, 0.5) is 5.82 Å². The number of aryl methyl sites for hydroxylation is 2. The molecule has 1 fully saturated rings. The molecule has 0 unspecified atom stereocenters. The lowest BCUT2D eigenvalue weighted by Gasteiger charge is -2.24. The number of anilines is 1. The van der Waals surface area contributed by atoms with Crippen LogP contribution >= 0.6 is 0 Å². The number of hydrogen-bond acceptors (Lipinski definition) is 2. The number of fused-ring (bicyclic) bond motifs is 1. The third kappa shape index (κ3) is 2.62. The molecule has 3 aromatic heterocycles. The lowest BCUT2D eigenvalue weighted by molar-refractivity contribution is 0.461. The topological polar surface area (TPSA) is 34.3 Å². The summed E-state index contributed by atoms with van der Waals surface area (Å²) >= 11 is 0. The zero-order valence-corrected chi connectivity index (χ0v) is 13.9. The van der Waals surface area contributed by atoms with Crippen LogP contribution in [0, 0.1) is 6.92 Å². The summed E-state index contributed by atoms with van der Waals surface area (Å²) in [5.74, 6) is 1.13. The van der Waals surface area contributed by atoms with Gasteiger partial charge in [0.05, 0.1) is 5.69 Å². The summed E-state index contributed by atoms with van der Waals surface area (Å²) < 4.78 is 4.34. The zero-order valence-electron chi connectivity index (χ0n) is 13.9. The Hall–Kier alpha value is -2.23. The van der Waals surface area contributed by atoms with Crippen molar-refractivity contribution >= 4 is 11.5 Å². The maximum absolute atomic E-state index is 4.92. The van der Waals surface area contributed by atoms with Crippen molar-refractivity contribution in [3.05, 3.63) is 42.2 Å². The minimum Gasteiger partial charge on any atom is -0.367 e. The van der Waals surface area contributed by atoms with Gasteiger partial charge in [0, 0.05) is 25.5 Å². The van der Waals surface area contributed by atoms with E-state index in [2.05, 4.69) is 64.9 Å². The second-order valence-corrected chi connectivity index (χ2v) is 6.72. The first-order valence-corrected chi connectivity index (χ1v) is 8.59. The Kier molecular flexibility index (Phi) is 3.60. The van der Waals surface area contributed by atoms with E-state index < -0.39 is 0 Å². The molecular formula is C19H24N4. The van der Waals surface area contributed by atoms with E-state index in [0.717, 1.165) is 22.9 Å². The Labute approximate surface area is 137 Å². The highest BCUT2D eigenvalue weighted by Crippen LogP contribution is 2.31. The van der Waals surface area contributed by atoms with E-state index in [1.54, 1.807) is 0 Å². The van der Waals surface area contributed by atoms with Crippen LogP contribution in [0.2, 0.25) is 0 Å². The van der Waals surface area contributed by atoms with Gasteiger partial charge >= 0.3 is 0 Å². The molecule has 0 bridgehead atoms. The van der Waals surface area contributed by atoms with Crippen LogP contribution in [-0.2, 0) is 7.05 Å². The smallest absolute Gasteiger partial charge is 0.140 e. The molecule has 0 amide bonds. The molecule has 1 aliphatic rings. The minimum atomic E-state index is 0.559. The molecule has 1 N–H and O–H groups in total. The molecule has 0 aromatic carbocycles. The molecule has 3 aromatic rings. The first-order chi connectivity index (χ1) is 11.2. The van der Waals surface area contributed by atoms with Crippen molar-refractivity contribution < 1.29 is 0 Å². The summed E-state index contributed by atoms with van der Waals surface area (Å²) in [6.45, 7) is 2.12. The van der Waals surface area contributed by atoms with E-state index in [1.165, 1.54) is 37.7 Å². The van der Waals surface area contributed by atoms with Gasteiger partial charge in [-0.25, -0.2) is 4.98 Å². The lowest BCUT2D eigenvalue weighted by atomic mass is 9.95. The predicted octanol–water partition coefficient (Wildman–Crippen LogP) is 4.39. The normalized spacial score (nSPS) is 16.1. The maximum atomic E-state index is 4.92. The lowest BCUT2D eigenvalue weighted by Crippen LogP contribution is -2.23. The van der Waals surface area contributed by atoms with Crippen molar-refractivity contribution in [3.8, 4) is 11.4 Å². The van der Waals surface area contributed by atoms with E-state index in [-0.39, 0.29) is 0 Å². The van der Waals surface area contributed by atoms with Crippen molar-refractivity contribution in [1.29, 1.82) is 0 Å². The van der Waals surface area contributed by atoms with Crippen LogP contribution in [0.25, 0.3) is 17.0 Å². The largest absolute Gasteiger partial charge is 0.367 e. The summed E-state index contributed by atoms with van der Waals surface area (Å²) in [5, 5.41) is 3.79. The van der Waals surface area contributed by atoms with Crippen molar-refractivity contribution in [2.24, 2.45) is 7.05 Å². The first kappa shape index (κ1) is 14.4. The third-order valence-electron chi connectivity index (χ3n) is 4.91. The van der Waals surface area contributed by atoms with Gasteiger partial charge in [-0.15, -0.1) is 0 Å². The van der Waals surface area contributed by atoms with Gasteiger partial charge in [-0.05, 0) is 49.6 Å². The zero-order chi connectivity index (χ0) is 15.8. The first-order valence-electron chi connectivity index (χ1n) is 8.59. The van der Waals surface area contributed by atoms with Gasteiger partial charge in [0.2, 0.25) is 0 Å². The van der Waals surface area contributed by atoms with Gasteiger partial charge in [-0.1, -0.05) is 19.3 Å². The second-order valence-electron chi connectivity index (χ2n) is 6.72. The molecule has 0 aliphatic heterocycles. The number of nitrogens with zero attached hydrogens (tertiary/aromatic N) is 3. The average molecular weight is 308 g/mol. The number of pyridine rings is 1. The van der Waals surface area contributed by atoms with Gasteiger partial charge < -0.3 is 9.88 Å². The molecule has 4 nitrogen and oxygen atoms in total. The van der Waals surface area contributed by atoms with Gasteiger partial charge in [0.1, 0.15) is 17.2 Å². The standard InChI is InChI=1S/C19H24N4/c1-14-10-12-23-17(13-14)21-18(16-9-6-11-22(16)2)19(23)20-15-7-4-3-5-8-15/h6,9-13,15,20H,3-5,7-8H2,1-2H3. The summed E-state index contributed by atoms with van der Waals surface area (Å²) in [6, 6.07) is 9.08. The summed E-state index contributed by atoms with van der Waals surface area (Å²) in [5.41, 5.74) is 4.46. The van der Waals surface area contributed by atoms with E-state index in [4.69, 9.17) is 4.98 Å². The van der Waals surface area contributed by atoms with Crippen molar-refractivity contribution in [2.45, 2.75) is 45.1 Å². The van der Waals surface area contributed by atoms with E-state index in [1.807, 2.05) is 0 Å². The van der Waals surface area contributed by atoms with Crippen molar-refractivity contribution in [2.75, 3.05) is 5.32 Å². The molecule has 120 valence electrons. The van der Waals surface area contributed by atoms with Crippen molar-refractivity contribution in [3.63, 3.8) is 0 Å². The van der Waals surface area contributed by atoms with Gasteiger partial charge in [-0.2, -0.15) is 0 Å². The van der Waals surface area contributed by atoms with Crippen LogP contribution in [0.15, 0.2) is 36.7 Å². The van der Waals surface area contributed by atoms with Crippen LogP contribution < -0.4 is 5.32 Å². The van der Waals surface area contributed by atoms with Crippen LogP contribution in [0.1, 0.15) is 37.7 Å². The molecule has 0 saturated heterocycles. The van der Waals surface area contributed by atoms with E-state index >= 15 is 0 Å². The molecule has 0 atom stereocenters. The third-order valence-corrected chi connectivity index (χ3v) is 4.91. The highest BCUT2D eigenvalue weighted by atomic mass is 15.2. The number of hydrogen-bond donors (Lipinski definition) is 1. The number of aromatic nitrogens is 3. The highest BCUT2D eigenvalue weighted by molar-refractivity contribution is 5.75. The molecule has 0 radical (unpaired) electrons. The van der Waals surface area contributed by atoms with Gasteiger partial charge in [0.15, 0.2) is 0 Å². The molecule has 3 heterocycles. The molecule has 4 rings (SSSR count). The Morgan fingerprint density at radius 1 is 1.13 bits per heavy atom. The molecule has 1 saturated carbocycles. The Balaban J connectivity index is 1.83. The quantitative estimate of drug-likeness (QED) is 0.778. The summed E-state index contributed by atoms with van der Waals surface area (Å²) in [7, 11) is 2.08. The monoisotopic (exact) mass is 308 g/mol. The number of nitrogens with one attached hydrogen (secondary N) is 1. The highest BCUT2D eigenvalue weighted by Gasteiger charge is 2.20. The Morgan fingerprint density at radius 2 is 1.96 bits per heavy atom. The van der Waals surface area contributed by atoms with Crippen LogP contribution in [0.5, 0.6) is 0 Å². The Bertz CT molecular complexity index is 821. The SMILES string of the molecule is Cc1ccn2c(NC3CCCCC3)c(-c3cccn3C)nc2c1. The number of rotatable bonds is 3. The van der Waals surface area contributed by atoms with E-state index in [0.29, 0.717) is 6.04 Å². The summed E-state index contributed by atoms with van der Waals surface area (Å²) in [6.07, 6.45) is 10.7. The maximum Gasteiger partial charge on any atom is 0.140 e. The second kappa shape index (κ2) is 5.76. The fraction of sp³-hybridized carbons (Fsp3) is 0.421. The molecule has 1 aliphatic carbocycles. The molecule has 4 heteroatoms. The molecule has 0 spiro atoms.